The zero-order chi connectivity index (χ0) is 13.1. The topological polar surface area (TPSA) is 15.3 Å². The second-order valence-corrected chi connectivity index (χ2v) is 5.76. The average molecular weight is 267 g/mol. The van der Waals surface area contributed by atoms with Gasteiger partial charge in [-0.2, -0.15) is 0 Å². The predicted octanol–water partition coefficient (Wildman–Crippen LogP) is 3.62. The minimum absolute atomic E-state index is 0.523. The van der Waals surface area contributed by atoms with Crippen LogP contribution in [0.1, 0.15) is 32.3 Å². The normalized spacial score (nSPS) is 24.3. The Morgan fingerprint density at radius 1 is 1.44 bits per heavy atom. The van der Waals surface area contributed by atoms with Crippen molar-refractivity contribution in [1.29, 1.82) is 0 Å². The molecule has 1 aromatic rings. The minimum atomic E-state index is 0.523. The molecule has 1 fully saturated rings. The molecule has 2 unspecified atom stereocenters. The van der Waals surface area contributed by atoms with E-state index in [4.69, 9.17) is 11.6 Å². The Hall–Kier alpha value is -0.730. The van der Waals surface area contributed by atoms with Crippen LogP contribution in [0.3, 0.4) is 0 Å². The molecular formula is C15H23ClN2. The van der Waals surface area contributed by atoms with Gasteiger partial charge in [-0.15, -0.1) is 0 Å². The Bertz CT molecular complexity index is 405. The first kappa shape index (κ1) is 13.7. The Morgan fingerprint density at radius 2 is 2.22 bits per heavy atom. The fourth-order valence-electron chi connectivity index (χ4n) is 2.70. The van der Waals surface area contributed by atoms with E-state index >= 15 is 0 Å². The maximum absolute atomic E-state index is 6.14. The molecule has 0 bridgehead atoms. The molecule has 18 heavy (non-hydrogen) atoms. The smallest absolute Gasteiger partial charge is 0.0426 e. The second kappa shape index (κ2) is 5.94. The van der Waals surface area contributed by atoms with E-state index in [0.717, 1.165) is 18.1 Å². The summed E-state index contributed by atoms with van der Waals surface area (Å²) in [6, 6.07) is 7.31. The van der Waals surface area contributed by atoms with E-state index in [1.165, 1.54) is 24.1 Å². The number of rotatable bonds is 3. The summed E-state index contributed by atoms with van der Waals surface area (Å²) in [6.45, 7) is 8.81. The fourth-order valence-corrected chi connectivity index (χ4v) is 2.87. The van der Waals surface area contributed by atoms with E-state index in [1.807, 2.05) is 6.07 Å². The second-order valence-electron chi connectivity index (χ2n) is 5.33. The molecule has 1 saturated heterocycles. The van der Waals surface area contributed by atoms with Crippen molar-refractivity contribution in [2.45, 2.75) is 45.7 Å². The number of hydrogen-bond donors (Lipinski definition) is 1. The van der Waals surface area contributed by atoms with Crippen LogP contribution in [-0.4, -0.2) is 25.2 Å². The molecule has 0 saturated carbocycles. The lowest BCUT2D eigenvalue weighted by molar-refractivity contribution is 0.386. The van der Waals surface area contributed by atoms with E-state index in [0.29, 0.717) is 12.1 Å². The van der Waals surface area contributed by atoms with Gasteiger partial charge in [-0.3, -0.25) is 0 Å². The summed E-state index contributed by atoms with van der Waals surface area (Å²) in [5.74, 6) is 0. The third-order valence-corrected chi connectivity index (χ3v) is 4.00. The van der Waals surface area contributed by atoms with Crippen LogP contribution in [0.5, 0.6) is 0 Å². The number of anilines is 1. The standard InChI is InChI=1S/C15H23ClN2/c1-4-5-14-10-18(12(3)9-17-14)15-8-13(16)7-6-11(15)2/h6-8,12,14,17H,4-5,9-10H2,1-3H3. The van der Waals surface area contributed by atoms with E-state index in [1.54, 1.807) is 0 Å². The van der Waals surface area contributed by atoms with Crippen molar-refractivity contribution in [2.75, 3.05) is 18.0 Å². The quantitative estimate of drug-likeness (QED) is 0.899. The number of hydrogen-bond acceptors (Lipinski definition) is 2. The van der Waals surface area contributed by atoms with Crippen molar-refractivity contribution >= 4 is 17.3 Å². The Balaban J connectivity index is 2.21. The molecule has 2 nitrogen and oxygen atoms in total. The first-order chi connectivity index (χ1) is 8.61. The third-order valence-electron chi connectivity index (χ3n) is 3.77. The van der Waals surface area contributed by atoms with Crippen molar-refractivity contribution in [3.05, 3.63) is 28.8 Å². The number of benzene rings is 1. The maximum atomic E-state index is 6.14. The molecule has 1 aliphatic rings. The molecule has 3 heteroatoms. The van der Waals surface area contributed by atoms with Gasteiger partial charge in [0.05, 0.1) is 0 Å². The van der Waals surface area contributed by atoms with Crippen LogP contribution in [0.4, 0.5) is 5.69 Å². The number of aryl methyl sites for hydroxylation is 1. The molecule has 0 aromatic heterocycles. The lowest BCUT2D eigenvalue weighted by atomic mass is 10.0. The van der Waals surface area contributed by atoms with Crippen molar-refractivity contribution in [1.82, 2.24) is 5.32 Å². The zero-order valence-electron chi connectivity index (χ0n) is 11.5. The fraction of sp³-hybridized carbons (Fsp3) is 0.600. The number of nitrogens with zero attached hydrogens (tertiary/aromatic N) is 1. The molecule has 100 valence electrons. The summed E-state index contributed by atoms with van der Waals surface area (Å²) in [5, 5.41) is 4.46. The minimum Gasteiger partial charge on any atom is -0.366 e. The van der Waals surface area contributed by atoms with Gasteiger partial charge in [0.2, 0.25) is 0 Å². The highest BCUT2D eigenvalue weighted by molar-refractivity contribution is 6.30. The SMILES string of the molecule is CCCC1CN(c2cc(Cl)ccc2C)C(C)CN1. The number of halogens is 1. The molecule has 0 spiro atoms. The van der Waals surface area contributed by atoms with Gasteiger partial charge in [0.15, 0.2) is 0 Å². The summed E-state index contributed by atoms with van der Waals surface area (Å²) >= 11 is 6.14. The van der Waals surface area contributed by atoms with E-state index in [9.17, 15) is 0 Å². The summed E-state index contributed by atoms with van der Waals surface area (Å²) in [7, 11) is 0. The van der Waals surface area contributed by atoms with Crippen LogP contribution in [0.25, 0.3) is 0 Å². The van der Waals surface area contributed by atoms with Gasteiger partial charge in [-0.1, -0.05) is 31.0 Å². The van der Waals surface area contributed by atoms with Crippen LogP contribution in [0, 0.1) is 6.92 Å². The monoisotopic (exact) mass is 266 g/mol. The van der Waals surface area contributed by atoms with E-state index in [2.05, 4.69) is 43.1 Å². The lowest BCUT2D eigenvalue weighted by Gasteiger charge is -2.41. The van der Waals surface area contributed by atoms with Crippen LogP contribution < -0.4 is 10.2 Å². The molecule has 2 rings (SSSR count). The molecular weight excluding hydrogens is 244 g/mol. The van der Waals surface area contributed by atoms with Gasteiger partial charge in [-0.05, 0) is 38.0 Å². The van der Waals surface area contributed by atoms with Crippen molar-refractivity contribution in [2.24, 2.45) is 0 Å². The first-order valence-electron chi connectivity index (χ1n) is 6.88. The average Bonchev–Trinajstić information content (AvgIpc) is 2.35. The van der Waals surface area contributed by atoms with E-state index < -0.39 is 0 Å². The molecule has 0 amide bonds. The predicted molar refractivity (Wildman–Crippen MR) is 79.7 cm³/mol. The number of nitrogens with one attached hydrogen (secondary N) is 1. The highest BCUT2D eigenvalue weighted by Gasteiger charge is 2.25. The van der Waals surface area contributed by atoms with Crippen LogP contribution >= 0.6 is 11.6 Å². The van der Waals surface area contributed by atoms with Crippen molar-refractivity contribution < 1.29 is 0 Å². The molecule has 0 radical (unpaired) electrons. The summed E-state index contributed by atoms with van der Waals surface area (Å²) in [5.41, 5.74) is 2.60. The highest BCUT2D eigenvalue weighted by atomic mass is 35.5. The van der Waals surface area contributed by atoms with Gasteiger partial charge in [0.1, 0.15) is 0 Å². The van der Waals surface area contributed by atoms with Gasteiger partial charge in [0, 0.05) is 35.9 Å². The summed E-state index contributed by atoms with van der Waals surface area (Å²) in [6.07, 6.45) is 2.47. The van der Waals surface area contributed by atoms with Gasteiger partial charge >= 0.3 is 0 Å². The molecule has 1 heterocycles. The Kier molecular flexibility index (Phi) is 4.52. The Labute approximate surface area is 115 Å². The highest BCUT2D eigenvalue weighted by Crippen LogP contribution is 2.27. The maximum Gasteiger partial charge on any atom is 0.0426 e. The molecule has 0 aliphatic carbocycles. The van der Waals surface area contributed by atoms with Gasteiger partial charge < -0.3 is 10.2 Å². The molecule has 1 N–H and O–H groups in total. The lowest BCUT2D eigenvalue weighted by Crippen LogP contribution is -2.55. The zero-order valence-corrected chi connectivity index (χ0v) is 12.3. The van der Waals surface area contributed by atoms with Gasteiger partial charge in [0.25, 0.3) is 0 Å². The summed E-state index contributed by atoms with van der Waals surface area (Å²) in [4.78, 5) is 2.50. The molecule has 2 atom stereocenters. The third kappa shape index (κ3) is 2.99. The van der Waals surface area contributed by atoms with Gasteiger partial charge in [-0.25, -0.2) is 0 Å². The first-order valence-corrected chi connectivity index (χ1v) is 7.25. The van der Waals surface area contributed by atoms with Crippen LogP contribution in [-0.2, 0) is 0 Å². The Morgan fingerprint density at radius 3 is 2.94 bits per heavy atom. The van der Waals surface area contributed by atoms with Crippen LogP contribution in [0.2, 0.25) is 5.02 Å². The number of piperazine rings is 1. The largest absolute Gasteiger partial charge is 0.366 e. The molecule has 1 aliphatic heterocycles. The van der Waals surface area contributed by atoms with E-state index in [-0.39, 0.29) is 0 Å². The summed E-state index contributed by atoms with van der Waals surface area (Å²) < 4.78 is 0. The van der Waals surface area contributed by atoms with Crippen molar-refractivity contribution in [3.63, 3.8) is 0 Å². The van der Waals surface area contributed by atoms with Crippen molar-refractivity contribution in [3.8, 4) is 0 Å². The molecule has 1 aromatic carbocycles. The van der Waals surface area contributed by atoms with Crippen LogP contribution in [0.15, 0.2) is 18.2 Å².